The number of likely N-dealkylation sites (tertiary alicyclic amines) is 1. The molecule has 2 heterocycles. The Morgan fingerprint density at radius 2 is 1.35 bits per heavy atom. The average Bonchev–Trinajstić information content (AvgIpc) is 3.00. The van der Waals surface area contributed by atoms with Crippen molar-refractivity contribution in [3.05, 3.63) is 83.7 Å². The van der Waals surface area contributed by atoms with Gasteiger partial charge in [0, 0.05) is 38.2 Å². The predicted octanol–water partition coefficient (Wildman–Crippen LogP) is 5.20. The zero-order chi connectivity index (χ0) is 27.9. The number of carbonyl (C=O) groups is 2. The van der Waals surface area contributed by atoms with Gasteiger partial charge in [-0.3, -0.25) is 14.6 Å². The monoisotopic (exact) mass is 543 g/mol. The molecule has 1 aliphatic heterocycles. The molecule has 2 fully saturated rings. The van der Waals surface area contributed by atoms with E-state index in [-0.39, 0.29) is 30.1 Å². The molecule has 0 radical (unpaired) electrons. The van der Waals surface area contributed by atoms with Gasteiger partial charge in [-0.15, -0.1) is 0 Å². The second kappa shape index (κ2) is 12.9. The molecule has 0 spiro atoms. The lowest BCUT2D eigenvalue weighted by atomic mass is 9.92. The van der Waals surface area contributed by atoms with Crippen molar-refractivity contribution in [2.75, 3.05) is 20.2 Å². The Morgan fingerprint density at radius 3 is 1.93 bits per heavy atom. The lowest BCUT2D eigenvalue weighted by molar-refractivity contribution is 0.0594. The van der Waals surface area contributed by atoms with Crippen molar-refractivity contribution in [2.45, 2.75) is 63.7 Å². The number of benzene rings is 2. The Labute approximate surface area is 235 Å². The minimum absolute atomic E-state index is 0.0663. The Bertz CT molecular complexity index is 1260. The third kappa shape index (κ3) is 7.11. The van der Waals surface area contributed by atoms with Gasteiger partial charge in [0.2, 0.25) is 0 Å². The summed E-state index contributed by atoms with van der Waals surface area (Å²) in [5.41, 5.74) is 2.01. The summed E-state index contributed by atoms with van der Waals surface area (Å²) >= 11 is 0. The maximum Gasteiger partial charge on any atom is 0.270 e. The third-order valence-electron chi connectivity index (χ3n) is 7.67. The number of aromatic nitrogens is 1. The van der Waals surface area contributed by atoms with E-state index in [2.05, 4.69) is 17.2 Å². The molecule has 1 aliphatic carbocycles. The number of amides is 2. The predicted molar refractivity (Wildman–Crippen MR) is 152 cm³/mol. The number of methoxy groups -OCH3 is 1. The maximum atomic E-state index is 13.0. The number of nitrogens with one attached hydrogen (secondary N) is 1. The van der Waals surface area contributed by atoms with Gasteiger partial charge < -0.3 is 24.4 Å². The quantitative estimate of drug-likeness (QED) is 0.420. The highest BCUT2D eigenvalue weighted by Crippen LogP contribution is 2.26. The summed E-state index contributed by atoms with van der Waals surface area (Å²) in [6, 6.07) is 19.0. The number of pyridine rings is 1. The lowest BCUT2D eigenvalue weighted by Crippen LogP contribution is -2.42. The van der Waals surface area contributed by atoms with Gasteiger partial charge in [-0.25, -0.2) is 0 Å². The first-order valence-electron chi connectivity index (χ1n) is 14.1. The van der Waals surface area contributed by atoms with Crippen LogP contribution < -0.4 is 19.5 Å². The van der Waals surface area contributed by atoms with Gasteiger partial charge in [-0.1, -0.05) is 17.7 Å². The average molecular weight is 544 g/mol. The number of aryl methyl sites for hydroxylation is 1. The molecule has 0 bridgehead atoms. The first-order valence-corrected chi connectivity index (χ1v) is 14.1. The van der Waals surface area contributed by atoms with Gasteiger partial charge >= 0.3 is 0 Å². The maximum absolute atomic E-state index is 13.0. The number of nitrogens with zero attached hydrogens (tertiary/aromatic N) is 2. The molecule has 1 N–H and O–H groups in total. The van der Waals surface area contributed by atoms with E-state index in [0.717, 1.165) is 55.8 Å². The molecule has 8 nitrogen and oxygen atoms in total. The number of carbonyl (C=O) groups excluding carboxylic acids is 2. The van der Waals surface area contributed by atoms with Crippen molar-refractivity contribution in [1.29, 1.82) is 0 Å². The van der Waals surface area contributed by atoms with E-state index in [1.54, 1.807) is 19.2 Å². The van der Waals surface area contributed by atoms with Crippen molar-refractivity contribution >= 4 is 11.8 Å². The van der Waals surface area contributed by atoms with Gasteiger partial charge in [-0.05, 0) is 81.1 Å². The van der Waals surface area contributed by atoms with Gasteiger partial charge in [0.25, 0.3) is 11.8 Å². The SMILES string of the molecule is COc1ccc(O[C@H]2CC[C@@H](NC(=O)c3ccc(C(=O)N4CCC(Oc5ccc(C)cc5)CC4)cn3)CC2)cc1. The molecule has 5 rings (SSSR count). The van der Waals surface area contributed by atoms with Crippen molar-refractivity contribution in [1.82, 2.24) is 15.2 Å². The zero-order valence-electron chi connectivity index (χ0n) is 23.2. The highest BCUT2D eigenvalue weighted by atomic mass is 16.5. The van der Waals surface area contributed by atoms with Gasteiger partial charge in [0.15, 0.2) is 0 Å². The summed E-state index contributed by atoms with van der Waals surface area (Å²) in [7, 11) is 1.64. The molecule has 3 aromatic rings. The number of ether oxygens (including phenoxy) is 3. The van der Waals surface area contributed by atoms with Crippen LogP contribution in [0.4, 0.5) is 0 Å². The van der Waals surface area contributed by atoms with Crippen molar-refractivity contribution in [3.63, 3.8) is 0 Å². The first kappa shape index (κ1) is 27.5. The number of hydrogen-bond acceptors (Lipinski definition) is 6. The van der Waals surface area contributed by atoms with E-state index < -0.39 is 0 Å². The smallest absolute Gasteiger partial charge is 0.270 e. The first-order chi connectivity index (χ1) is 19.5. The van der Waals surface area contributed by atoms with Crippen LogP contribution in [-0.2, 0) is 0 Å². The number of piperidine rings is 1. The molecular weight excluding hydrogens is 506 g/mol. The summed E-state index contributed by atoms with van der Waals surface area (Å²) in [5.74, 6) is 2.21. The van der Waals surface area contributed by atoms with Crippen LogP contribution in [0.2, 0.25) is 0 Å². The van der Waals surface area contributed by atoms with E-state index in [1.165, 1.54) is 11.8 Å². The van der Waals surface area contributed by atoms with Crippen LogP contribution in [0.3, 0.4) is 0 Å². The van der Waals surface area contributed by atoms with Crippen LogP contribution in [-0.4, -0.2) is 60.1 Å². The molecular formula is C32H37N3O5. The highest BCUT2D eigenvalue weighted by molar-refractivity contribution is 5.96. The van der Waals surface area contributed by atoms with Crippen LogP contribution in [0.15, 0.2) is 66.9 Å². The zero-order valence-corrected chi connectivity index (χ0v) is 23.2. The molecule has 2 amide bonds. The standard InChI is InChI=1S/C32H37N3O5/c1-22-3-8-26(9-4-22)40-29-17-19-35(20-18-29)32(37)23-5-16-30(33-21-23)31(36)34-24-6-10-27(11-7-24)39-28-14-12-25(38-2)13-15-28/h3-5,8-9,12-16,21,24,27,29H,6-7,10-11,17-20H2,1-2H3,(H,34,36)/t24-,27+. The Balaban J connectivity index is 1.05. The fraction of sp³-hybridized carbons (Fsp3) is 0.406. The minimum Gasteiger partial charge on any atom is -0.497 e. The lowest BCUT2D eigenvalue weighted by Gasteiger charge is -2.32. The Hall–Kier alpha value is -4.07. The van der Waals surface area contributed by atoms with E-state index in [1.807, 2.05) is 53.4 Å². The molecule has 0 unspecified atom stereocenters. The van der Waals surface area contributed by atoms with E-state index >= 15 is 0 Å². The molecule has 1 aromatic heterocycles. The summed E-state index contributed by atoms with van der Waals surface area (Å²) in [4.78, 5) is 32.0. The molecule has 8 heteroatoms. The van der Waals surface area contributed by atoms with Gasteiger partial charge in [0.1, 0.15) is 29.0 Å². The summed E-state index contributed by atoms with van der Waals surface area (Å²) < 4.78 is 17.4. The Kier molecular flexibility index (Phi) is 8.84. The summed E-state index contributed by atoms with van der Waals surface area (Å²) in [6.07, 6.45) is 6.70. The molecule has 1 saturated carbocycles. The van der Waals surface area contributed by atoms with Crippen molar-refractivity contribution in [2.24, 2.45) is 0 Å². The fourth-order valence-corrected chi connectivity index (χ4v) is 5.25. The largest absolute Gasteiger partial charge is 0.497 e. The van der Waals surface area contributed by atoms with Crippen LogP contribution in [0.5, 0.6) is 17.2 Å². The Morgan fingerprint density at radius 1 is 0.775 bits per heavy atom. The fourth-order valence-electron chi connectivity index (χ4n) is 5.25. The molecule has 1 saturated heterocycles. The summed E-state index contributed by atoms with van der Waals surface area (Å²) in [6.45, 7) is 3.31. The second-order valence-corrected chi connectivity index (χ2v) is 10.6. The minimum atomic E-state index is -0.215. The van der Waals surface area contributed by atoms with Crippen LogP contribution in [0.25, 0.3) is 0 Å². The third-order valence-corrected chi connectivity index (χ3v) is 7.67. The van der Waals surface area contributed by atoms with Crippen LogP contribution in [0, 0.1) is 6.92 Å². The molecule has 2 aliphatic rings. The van der Waals surface area contributed by atoms with Crippen LogP contribution >= 0.6 is 0 Å². The molecule has 40 heavy (non-hydrogen) atoms. The number of rotatable bonds is 8. The topological polar surface area (TPSA) is 90.0 Å². The van der Waals surface area contributed by atoms with Gasteiger partial charge in [-0.2, -0.15) is 0 Å². The normalized spacial score (nSPS) is 19.5. The highest BCUT2D eigenvalue weighted by Gasteiger charge is 2.26. The molecule has 210 valence electrons. The van der Waals surface area contributed by atoms with E-state index in [9.17, 15) is 9.59 Å². The van der Waals surface area contributed by atoms with Crippen molar-refractivity contribution < 1.29 is 23.8 Å². The van der Waals surface area contributed by atoms with E-state index in [4.69, 9.17) is 14.2 Å². The number of hydrogen-bond donors (Lipinski definition) is 1. The second-order valence-electron chi connectivity index (χ2n) is 10.6. The summed E-state index contributed by atoms with van der Waals surface area (Å²) in [5, 5.41) is 3.09. The van der Waals surface area contributed by atoms with E-state index in [0.29, 0.717) is 24.3 Å². The molecule has 0 atom stereocenters. The van der Waals surface area contributed by atoms with Crippen LogP contribution in [0.1, 0.15) is 64.9 Å². The van der Waals surface area contributed by atoms with Gasteiger partial charge in [0.05, 0.1) is 18.8 Å². The van der Waals surface area contributed by atoms with Crippen molar-refractivity contribution in [3.8, 4) is 17.2 Å². The molecule has 2 aromatic carbocycles.